The molecule has 0 radical (unpaired) electrons. The Balaban J connectivity index is 1.92. The predicted octanol–water partition coefficient (Wildman–Crippen LogP) is 4.33. The van der Waals surface area contributed by atoms with Crippen molar-refractivity contribution in [1.29, 1.82) is 0 Å². The van der Waals surface area contributed by atoms with Gasteiger partial charge in [0.15, 0.2) is 0 Å². The number of carbonyl (C=O) groups excluding carboxylic acids is 2. The van der Waals surface area contributed by atoms with Gasteiger partial charge in [-0.15, -0.1) is 0 Å². The number of para-hydroxylation sites is 1. The van der Waals surface area contributed by atoms with Gasteiger partial charge in [0.1, 0.15) is 5.75 Å². The van der Waals surface area contributed by atoms with E-state index in [1.54, 1.807) is 31.2 Å². The Morgan fingerprint density at radius 1 is 1.29 bits per heavy atom. The molecule has 0 saturated heterocycles. The van der Waals surface area contributed by atoms with E-state index >= 15 is 0 Å². The first-order valence-corrected chi connectivity index (χ1v) is 10.0. The number of benzene rings is 2. The lowest BCUT2D eigenvalue weighted by Crippen LogP contribution is -2.33. The number of likely N-dealkylation sites (N-methyl/N-ethyl adjacent to an activating group) is 1. The average molecular weight is 397 g/mol. The second-order valence-corrected chi connectivity index (χ2v) is 7.77. The van der Waals surface area contributed by atoms with Crippen molar-refractivity contribution in [3.8, 4) is 5.75 Å². The number of fused-ring (bicyclic) bond motifs is 1. The molecule has 1 aliphatic heterocycles. The molecule has 0 unspecified atom stereocenters. The molecule has 0 fully saturated rings. The lowest BCUT2D eigenvalue weighted by atomic mass is 10.1. The summed E-state index contributed by atoms with van der Waals surface area (Å²) in [5.41, 5.74) is 2.14. The lowest BCUT2D eigenvalue weighted by Gasteiger charge is -2.27. The zero-order valence-corrected chi connectivity index (χ0v) is 17.3. The van der Waals surface area contributed by atoms with Crippen LogP contribution in [0.1, 0.15) is 36.2 Å². The van der Waals surface area contributed by atoms with Gasteiger partial charge in [-0.3, -0.25) is 9.59 Å². The maximum absolute atomic E-state index is 12.9. The third-order valence-electron chi connectivity index (χ3n) is 4.73. The third kappa shape index (κ3) is 4.07. The minimum Gasteiger partial charge on any atom is -0.496 e. The molecule has 0 saturated carbocycles. The molecule has 28 heavy (non-hydrogen) atoms. The highest BCUT2D eigenvalue weighted by Gasteiger charge is 2.27. The van der Waals surface area contributed by atoms with Gasteiger partial charge in [0.2, 0.25) is 0 Å². The number of ether oxygens (including phenoxy) is 1. The normalized spacial score (nSPS) is 15.9. The van der Waals surface area contributed by atoms with Crippen LogP contribution in [0.15, 0.2) is 52.3 Å². The zero-order valence-electron chi connectivity index (χ0n) is 16.5. The Morgan fingerprint density at radius 2 is 2.04 bits per heavy atom. The largest absolute Gasteiger partial charge is 0.496 e. The molecule has 1 N–H and O–H groups in total. The van der Waals surface area contributed by atoms with Gasteiger partial charge in [0.25, 0.3) is 11.8 Å². The molecule has 0 aliphatic carbocycles. The highest BCUT2D eigenvalue weighted by molar-refractivity contribution is 8.04. The molecular weight excluding hydrogens is 372 g/mol. The monoisotopic (exact) mass is 396 g/mol. The summed E-state index contributed by atoms with van der Waals surface area (Å²) < 4.78 is 5.38. The second kappa shape index (κ2) is 8.52. The van der Waals surface area contributed by atoms with Crippen LogP contribution in [0.4, 0.5) is 5.69 Å². The van der Waals surface area contributed by atoms with Crippen LogP contribution in [0.25, 0.3) is 6.08 Å². The minimum atomic E-state index is -0.127. The fourth-order valence-corrected chi connectivity index (χ4v) is 3.95. The number of anilines is 1. The second-order valence-electron chi connectivity index (χ2n) is 6.68. The van der Waals surface area contributed by atoms with Gasteiger partial charge in [0, 0.05) is 29.1 Å². The van der Waals surface area contributed by atoms with Crippen LogP contribution >= 0.6 is 11.8 Å². The number of amides is 2. The zero-order chi connectivity index (χ0) is 20.3. The summed E-state index contributed by atoms with van der Waals surface area (Å²) in [7, 11) is 3.34. The molecule has 0 aromatic heterocycles. The number of carbonyl (C=O) groups is 2. The first kappa shape index (κ1) is 20.0. The van der Waals surface area contributed by atoms with Gasteiger partial charge in [0.05, 0.1) is 17.7 Å². The fourth-order valence-electron chi connectivity index (χ4n) is 2.87. The summed E-state index contributed by atoms with van der Waals surface area (Å²) in [5.74, 6) is 0.482. The SMILES string of the molecule is CC[C@@H](C)NC(=O)c1ccc2c(c1)N(C)C(=O)/C(=C\c1ccccc1OC)S2. The van der Waals surface area contributed by atoms with E-state index < -0.39 is 0 Å². The van der Waals surface area contributed by atoms with Crippen LogP contribution in [0, 0.1) is 0 Å². The highest BCUT2D eigenvalue weighted by Crippen LogP contribution is 2.42. The van der Waals surface area contributed by atoms with Gasteiger partial charge in [-0.25, -0.2) is 0 Å². The number of methoxy groups -OCH3 is 1. The number of thioether (sulfide) groups is 1. The van der Waals surface area contributed by atoms with E-state index in [-0.39, 0.29) is 17.9 Å². The standard InChI is InChI=1S/C22H24N2O3S/c1-5-14(2)23-21(25)16-10-11-19-17(12-16)24(3)22(26)20(28-19)13-15-8-6-7-9-18(15)27-4/h6-14H,5H2,1-4H3,(H,23,25)/b20-13+/t14-/m1/s1. The van der Waals surface area contributed by atoms with Crippen molar-refractivity contribution in [3.63, 3.8) is 0 Å². The summed E-state index contributed by atoms with van der Waals surface area (Å²) >= 11 is 1.40. The Morgan fingerprint density at radius 3 is 2.75 bits per heavy atom. The van der Waals surface area contributed by atoms with Crippen molar-refractivity contribution in [3.05, 3.63) is 58.5 Å². The van der Waals surface area contributed by atoms with Crippen LogP contribution < -0.4 is 15.0 Å². The minimum absolute atomic E-state index is 0.104. The van der Waals surface area contributed by atoms with Crippen LogP contribution in [0.5, 0.6) is 5.75 Å². The number of hydrogen-bond acceptors (Lipinski definition) is 4. The van der Waals surface area contributed by atoms with Gasteiger partial charge >= 0.3 is 0 Å². The Bertz CT molecular complexity index is 939. The van der Waals surface area contributed by atoms with Crippen molar-refractivity contribution in [1.82, 2.24) is 5.32 Å². The Hall–Kier alpha value is -2.73. The van der Waals surface area contributed by atoms with E-state index in [1.165, 1.54) is 11.8 Å². The molecule has 2 aromatic carbocycles. The number of hydrogen-bond donors (Lipinski definition) is 1. The molecule has 2 aromatic rings. The van der Waals surface area contributed by atoms with E-state index in [4.69, 9.17) is 4.74 Å². The van der Waals surface area contributed by atoms with Crippen LogP contribution in [0.3, 0.4) is 0 Å². The topological polar surface area (TPSA) is 58.6 Å². The summed E-state index contributed by atoms with van der Waals surface area (Å²) in [6.07, 6.45) is 2.71. The molecule has 6 heteroatoms. The van der Waals surface area contributed by atoms with Crippen LogP contribution in [-0.2, 0) is 4.79 Å². The first-order valence-electron chi connectivity index (χ1n) is 9.20. The molecule has 1 heterocycles. The van der Waals surface area contributed by atoms with Crippen LogP contribution in [0.2, 0.25) is 0 Å². The van der Waals surface area contributed by atoms with Crippen LogP contribution in [-0.4, -0.2) is 32.0 Å². The molecule has 1 aliphatic rings. The van der Waals surface area contributed by atoms with E-state index in [0.29, 0.717) is 16.2 Å². The van der Waals surface area contributed by atoms with Crippen molar-refractivity contribution in [2.45, 2.75) is 31.2 Å². The quantitative estimate of drug-likeness (QED) is 0.764. The molecule has 2 amide bonds. The molecule has 3 rings (SSSR count). The van der Waals surface area contributed by atoms with E-state index in [1.807, 2.05) is 50.3 Å². The van der Waals surface area contributed by atoms with Gasteiger partial charge in [-0.05, 0) is 43.7 Å². The molecule has 146 valence electrons. The van der Waals surface area contributed by atoms with Crippen molar-refractivity contribution in [2.75, 3.05) is 19.1 Å². The molecular formula is C22H24N2O3S. The summed E-state index contributed by atoms with van der Waals surface area (Å²) in [4.78, 5) is 28.4. The third-order valence-corrected chi connectivity index (χ3v) is 5.81. The van der Waals surface area contributed by atoms with Crippen molar-refractivity contribution in [2.24, 2.45) is 0 Å². The number of rotatable bonds is 5. The number of nitrogens with one attached hydrogen (secondary N) is 1. The number of nitrogens with zero attached hydrogens (tertiary/aromatic N) is 1. The Kier molecular flexibility index (Phi) is 6.09. The highest BCUT2D eigenvalue weighted by atomic mass is 32.2. The predicted molar refractivity (Wildman–Crippen MR) is 114 cm³/mol. The van der Waals surface area contributed by atoms with E-state index in [9.17, 15) is 9.59 Å². The van der Waals surface area contributed by atoms with Crippen molar-refractivity contribution >= 4 is 35.3 Å². The summed E-state index contributed by atoms with van der Waals surface area (Å²) in [6.45, 7) is 3.99. The Labute approximate surface area is 169 Å². The molecule has 1 atom stereocenters. The smallest absolute Gasteiger partial charge is 0.264 e. The maximum Gasteiger partial charge on any atom is 0.264 e. The van der Waals surface area contributed by atoms with Gasteiger partial charge in [-0.1, -0.05) is 36.9 Å². The van der Waals surface area contributed by atoms with E-state index in [0.717, 1.165) is 22.6 Å². The van der Waals surface area contributed by atoms with E-state index in [2.05, 4.69) is 5.32 Å². The van der Waals surface area contributed by atoms with Gasteiger partial charge in [-0.2, -0.15) is 0 Å². The van der Waals surface area contributed by atoms with Gasteiger partial charge < -0.3 is 15.0 Å². The molecule has 0 bridgehead atoms. The maximum atomic E-state index is 12.9. The summed E-state index contributed by atoms with van der Waals surface area (Å²) in [6, 6.07) is 13.2. The average Bonchev–Trinajstić information content (AvgIpc) is 2.71. The fraction of sp³-hybridized carbons (Fsp3) is 0.273. The molecule has 0 spiro atoms. The molecule has 5 nitrogen and oxygen atoms in total. The lowest BCUT2D eigenvalue weighted by molar-refractivity contribution is -0.114. The summed E-state index contributed by atoms with van der Waals surface area (Å²) in [5, 5.41) is 2.96. The first-order chi connectivity index (χ1) is 13.4. The van der Waals surface area contributed by atoms with Crippen molar-refractivity contribution < 1.29 is 14.3 Å².